The standard InChI is InChI=1S/C26H26ClN3O4/c1-33-20-9-10-21(24(13-20)34-2)22-15-30(26(32)17-6-5-7-18(27)12-17)16-23(22)25(31)29-14-19-8-3-4-11-28-19/h3-13,22-23H,14-16H2,1-2H3,(H,29,31)/t22-,23+/m1/s1. The Morgan fingerprint density at radius 3 is 2.62 bits per heavy atom. The number of amides is 2. The molecule has 0 radical (unpaired) electrons. The normalized spacial score (nSPS) is 17.3. The van der Waals surface area contributed by atoms with Gasteiger partial charge in [-0.2, -0.15) is 0 Å². The molecule has 2 amide bonds. The van der Waals surface area contributed by atoms with Gasteiger partial charge < -0.3 is 19.7 Å². The summed E-state index contributed by atoms with van der Waals surface area (Å²) in [5.74, 6) is 0.238. The number of benzene rings is 2. The van der Waals surface area contributed by atoms with E-state index >= 15 is 0 Å². The molecule has 3 aromatic rings. The molecule has 2 heterocycles. The van der Waals surface area contributed by atoms with Crippen molar-refractivity contribution in [3.8, 4) is 11.5 Å². The van der Waals surface area contributed by atoms with Crippen LogP contribution in [0.1, 0.15) is 27.5 Å². The Labute approximate surface area is 203 Å². The highest BCUT2D eigenvalue weighted by Gasteiger charge is 2.41. The molecule has 0 unspecified atom stereocenters. The van der Waals surface area contributed by atoms with Gasteiger partial charge >= 0.3 is 0 Å². The third-order valence-corrected chi connectivity index (χ3v) is 6.26. The van der Waals surface area contributed by atoms with Crippen LogP contribution in [0, 0.1) is 5.92 Å². The number of carbonyl (C=O) groups excluding carboxylic acids is 2. The van der Waals surface area contributed by atoms with Crippen LogP contribution in [0.3, 0.4) is 0 Å². The number of methoxy groups -OCH3 is 2. The highest BCUT2D eigenvalue weighted by atomic mass is 35.5. The average molecular weight is 480 g/mol. The van der Waals surface area contributed by atoms with E-state index in [9.17, 15) is 9.59 Å². The van der Waals surface area contributed by atoms with E-state index in [0.29, 0.717) is 35.2 Å². The Hall–Kier alpha value is -3.58. The SMILES string of the molecule is COc1ccc([C@H]2CN(C(=O)c3cccc(Cl)c3)C[C@@H]2C(=O)NCc2ccccn2)c(OC)c1. The third kappa shape index (κ3) is 5.15. The molecular weight excluding hydrogens is 454 g/mol. The van der Waals surface area contributed by atoms with Crippen molar-refractivity contribution in [2.75, 3.05) is 27.3 Å². The maximum absolute atomic E-state index is 13.3. The summed E-state index contributed by atoms with van der Waals surface area (Å²) in [5, 5.41) is 3.47. The van der Waals surface area contributed by atoms with Gasteiger partial charge in [-0.05, 0) is 36.4 Å². The van der Waals surface area contributed by atoms with E-state index in [0.717, 1.165) is 11.3 Å². The van der Waals surface area contributed by atoms with E-state index in [2.05, 4.69) is 10.3 Å². The summed E-state index contributed by atoms with van der Waals surface area (Å²) in [7, 11) is 3.17. The van der Waals surface area contributed by atoms with Crippen molar-refractivity contribution < 1.29 is 19.1 Å². The Kier molecular flexibility index (Phi) is 7.33. The first-order chi connectivity index (χ1) is 16.5. The van der Waals surface area contributed by atoms with E-state index in [4.69, 9.17) is 21.1 Å². The lowest BCUT2D eigenvalue weighted by atomic mass is 9.87. The smallest absolute Gasteiger partial charge is 0.253 e. The van der Waals surface area contributed by atoms with Crippen LogP contribution in [0.25, 0.3) is 0 Å². The number of ether oxygens (including phenoxy) is 2. The number of pyridine rings is 1. The zero-order chi connectivity index (χ0) is 24.1. The fourth-order valence-electron chi connectivity index (χ4n) is 4.29. The molecule has 0 spiro atoms. The second kappa shape index (κ2) is 10.6. The monoisotopic (exact) mass is 479 g/mol. The minimum absolute atomic E-state index is 0.144. The van der Waals surface area contributed by atoms with Gasteiger partial charge in [0, 0.05) is 47.4 Å². The molecule has 0 aliphatic carbocycles. The lowest BCUT2D eigenvalue weighted by molar-refractivity contribution is -0.125. The van der Waals surface area contributed by atoms with Gasteiger partial charge in [0.25, 0.3) is 5.91 Å². The fraction of sp³-hybridized carbons (Fsp3) is 0.269. The Balaban J connectivity index is 1.61. The predicted molar refractivity (Wildman–Crippen MR) is 129 cm³/mol. The number of nitrogens with zero attached hydrogens (tertiary/aromatic N) is 2. The minimum Gasteiger partial charge on any atom is -0.497 e. The Bertz CT molecular complexity index is 1170. The maximum Gasteiger partial charge on any atom is 0.253 e. The number of rotatable bonds is 7. The first-order valence-corrected chi connectivity index (χ1v) is 11.3. The molecule has 176 valence electrons. The number of likely N-dealkylation sites (tertiary alicyclic amines) is 1. The van der Waals surface area contributed by atoms with Crippen molar-refractivity contribution in [3.05, 3.63) is 88.7 Å². The van der Waals surface area contributed by atoms with Gasteiger partial charge in [0.15, 0.2) is 0 Å². The zero-order valence-corrected chi connectivity index (χ0v) is 19.8. The first-order valence-electron chi connectivity index (χ1n) is 10.9. The van der Waals surface area contributed by atoms with Crippen LogP contribution < -0.4 is 14.8 Å². The molecule has 1 aromatic heterocycles. The molecule has 1 fully saturated rings. The van der Waals surface area contributed by atoms with Crippen LogP contribution in [0.5, 0.6) is 11.5 Å². The second-order valence-corrected chi connectivity index (χ2v) is 8.52. The molecule has 1 N–H and O–H groups in total. The highest BCUT2D eigenvalue weighted by molar-refractivity contribution is 6.30. The molecule has 34 heavy (non-hydrogen) atoms. The molecule has 8 heteroatoms. The summed E-state index contributed by atoms with van der Waals surface area (Å²) in [6, 6.07) is 17.9. The number of nitrogens with one attached hydrogen (secondary N) is 1. The Morgan fingerprint density at radius 2 is 1.91 bits per heavy atom. The van der Waals surface area contributed by atoms with Gasteiger partial charge in [-0.15, -0.1) is 0 Å². The predicted octanol–water partition coefficient (Wildman–Crippen LogP) is 3.92. The van der Waals surface area contributed by atoms with Gasteiger partial charge in [-0.1, -0.05) is 29.8 Å². The molecular formula is C26H26ClN3O4. The summed E-state index contributed by atoms with van der Waals surface area (Å²) >= 11 is 6.10. The molecule has 4 rings (SSSR count). The van der Waals surface area contributed by atoms with Gasteiger partial charge in [-0.3, -0.25) is 14.6 Å². The average Bonchev–Trinajstić information content (AvgIpc) is 3.32. The quantitative estimate of drug-likeness (QED) is 0.555. The van der Waals surface area contributed by atoms with E-state index in [-0.39, 0.29) is 24.3 Å². The lowest BCUT2D eigenvalue weighted by Gasteiger charge is -2.21. The van der Waals surface area contributed by atoms with E-state index in [1.165, 1.54) is 0 Å². The Morgan fingerprint density at radius 1 is 1.06 bits per heavy atom. The molecule has 2 aromatic carbocycles. The molecule has 2 atom stereocenters. The van der Waals surface area contributed by atoms with E-state index < -0.39 is 5.92 Å². The number of halogens is 1. The van der Waals surface area contributed by atoms with Crippen LogP contribution in [0.2, 0.25) is 5.02 Å². The van der Waals surface area contributed by atoms with Crippen molar-refractivity contribution in [1.29, 1.82) is 0 Å². The fourth-order valence-corrected chi connectivity index (χ4v) is 4.48. The maximum atomic E-state index is 13.3. The molecule has 1 aliphatic heterocycles. The molecule has 1 aliphatic rings. The van der Waals surface area contributed by atoms with Crippen molar-refractivity contribution in [1.82, 2.24) is 15.2 Å². The topological polar surface area (TPSA) is 80.8 Å². The molecule has 0 saturated carbocycles. The van der Waals surface area contributed by atoms with Crippen molar-refractivity contribution in [2.24, 2.45) is 5.92 Å². The van der Waals surface area contributed by atoms with Gasteiger partial charge in [-0.25, -0.2) is 0 Å². The summed E-state index contributed by atoms with van der Waals surface area (Å²) in [6.45, 7) is 0.958. The van der Waals surface area contributed by atoms with Crippen LogP contribution in [0.15, 0.2) is 66.9 Å². The zero-order valence-electron chi connectivity index (χ0n) is 19.0. The largest absolute Gasteiger partial charge is 0.497 e. The minimum atomic E-state index is -0.464. The number of carbonyl (C=O) groups is 2. The van der Waals surface area contributed by atoms with Crippen LogP contribution in [0.4, 0.5) is 0 Å². The van der Waals surface area contributed by atoms with E-state index in [1.807, 2.05) is 30.3 Å². The van der Waals surface area contributed by atoms with Crippen molar-refractivity contribution in [2.45, 2.75) is 12.5 Å². The summed E-state index contributed by atoms with van der Waals surface area (Å²) in [6.07, 6.45) is 1.69. The number of aromatic nitrogens is 1. The van der Waals surface area contributed by atoms with Crippen LogP contribution in [-0.2, 0) is 11.3 Å². The number of hydrogen-bond donors (Lipinski definition) is 1. The summed E-state index contributed by atoms with van der Waals surface area (Å²) < 4.78 is 10.9. The second-order valence-electron chi connectivity index (χ2n) is 8.08. The van der Waals surface area contributed by atoms with Gasteiger partial charge in [0.2, 0.25) is 5.91 Å². The van der Waals surface area contributed by atoms with Crippen molar-refractivity contribution in [3.63, 3.8) is 0 Å². The summed E-state index contributed by atoms with van der Waals surface area (Å²) in [5.41, 5.74) is 2.10. The highest BCUT2D eigenvalue weighted by Crippen LogP contribution is 2.39. The molecule has 0 bridgehead atoms. The molecule has 1 saturated heterocycles. The number of hydrogen-bond acceptors (Lipinski definition) is 5. The molecule has 7 nitrogen and oxygen atoms in total. The van der Waals surface area contributed by atoms with Gasteiger partial charge in [0.05, 0.1) is 32.4 Å². The third-order valence-electron chi connectivity index (χ3n) is 6.03. The van der Waals surface area contributed by atoms with Crippen molar-refractivity contribution >= 4 is 23.4 Å². The van der Waals surface area contributed by atoms with Crippen LogP contribution >= 0.6 is 11.6 Å². The van der Waals surface area contributed by atoms with E-state index in [1.54, 1.807) is 55.6 Å². The summed E-state index contributed by atoms with van der Waals surface area (Å²) in [4.78, 5) is 32.5. The van der Waals surface area contributed by atoms with Crippen LogP contribution in [-0.4, -0.2) is 49.0 Å². The first kappa shape index (κ1) is 23.6. The van der Waals surface area contributed by atoms with Gasteiger partial charge in [0.1, 0.15) is 11.5 Å². The lowest BCUT2D eigenvalue weighted by Crippen LogP contribution is -2.35.